The third kappa shape index (κ3) is 5.40. The Morgan fingerprint density at radius 1 is 1.20 bits per heavy atom. The molecule has 0 spiro atoms. The average molecular weight is 415 g/mol. The summed E-state index contributed by atoms with van der Waals surface area (Å²) in [7, 11) is 0. The van der Waals surface area contributed by atoms with Gasteiger partial charge < -0.3 is 14.6 Å². The van der Waals surface area contributed by atoms with Crippen LogP contribution >= 0.6 is 0 Å². The molecule has 7 heteroatoms. The quantitative estimate of drug-likeness (QED) is 0.502. The topological polar surface area (TPSA) is 78.2 Å². The Labute approximate surface area is 179 Å². The van der Waals surface area contributed by atoms with Crippen LogP contribution in [0.2, 0.25) is 0 Å². The highest BCUT2D eigenvalue weighted by atomic mass is 16.5. The van der Waals surface area contributed by atoms with Gasteiger partial charge in [0.05, 0.1) is 17.9 Å². The summed E-state index contributed by atoms with van der Waals surface area (Å²) in [6, 6.07) is 2.04. The van der Waals surface area contributed by atoms with E-state index in [0.29, 0.717) is 18.7 Å². The molecule has 164 valence electrons. The molecule has 0 aliphatic carbocycles. The van der Waals surface area contributed by atoms with Crippen LogP contribution in [0.5, 0.6) is 0 Å². The highest BCUT2D eigenvalue weighted by molar-refractivity contribution is 5.98. The number of nitrogens with one attached hydrogen (secondary N) is 1. The molecule has 0 radical (unpaired) electrons. The van der Waals surface area contributed by atoms with Gasteiger partial charge in [-0.2, -0.15) is 5.10 Å². The van der Waals surface area contributed by atoms with Crippen molar-refractivity contribution < 1.29 is 14.3 Å². The molecule has 0 fully saturated rings. The van der Waals surface area contributed by atoms with Crippen molar-refractivity contribution in [2.45, 2.75) is 61.6 Å². The Morgan fingerprint density at radius 3 is 2.47 bits per heavy atom. The second-order valence-corrected chi connectivity index (χ2v) is 7.72. The molecular weight excluding hydrogens is 380 g/mol. The monoisotopic (exact) mass is 414 g/mol. The Hall–Kier alpha value is -2.83. The zero-order valence-corrected chi connectivity index (χ0v) is 19.2. The summed E-state index contributed by atoms with van der Waals surface area (Å²) in [5.41, 5.74) is 5.17. The van der Waals surface area contributed by atoms with E-state index in [1.165, 1.54) is 6.08 Å². The van der Waals surface area contributed by atoms with Crippen molar-refractivity contribution in [3.8, 4) is 0 Å². The van der Waals surface area contributed by atoms with E-state index < -0.39 is 0 Å². The number of amides is 1. The first-order chi connectivity index (χ1) is 14.2. The fourth-order valence-corrected chi connectivity index (χ4v) is 3.76. The molecule has 7 nitrogen and oxygen atoms in total. The molecule has 1 N–H and O–H groups in total. The molecule has 2 aromatic heterocycles. The molecular formula is C23H34N4O3. The molecule has 0 aliphatic rings. The van der Waals surface area contributed by atoms with E-state index in [1.807, 2.05) is 45.4 Å². The zero-order valence-electron chi connectivity index (χ0n) is 19.2. The Balaban J connectivity index is 2.06. The molecule has 2 heterocycles. The summed E-state index contributed by atoms with van der Waals surface area (Å²) < 4.78 is 9.24. The number of aromatic nitrogens is 3. The van der Waals surface area contributed by atoms with Crippen LogP contribution in [0.4, 0.5) is 0 Å². The van der Waals surface area contributed by atoms with Gasteiger partial charge in [-0.05, 0) is 59.6 Å². The second kappa shape index (κ2) is 10.3. The number of esters is 1. The third-order valence-electron chi connectivity index (χ3n) is 5.24. The van der Waals surface area contributed by atoms with Crippen molar-refractivity contribution in [1.29, 1.82) is 0 Å². The van der Waals surface area contributed by atoms with Crippen LogP contribution in [0, 0.1) is 33.6 Å². The van der Waals surface area contributed by atoms with Gasteiger partial charge in [0.1, 0.15) is 0 Å². The van der Waals surface area contributed by atoms with E-state index in [1.54, 1.807) is 13.0 Å². The van der Waals surface area contributed by atoms with Crippen molar-refractivity contribution in [3.05, 3.63) is 46.0 Å². The van der Waals surface area contributed by atoms with Gasteiger partial charge >= 0.3 is 5.97 Å². The minimum atomic E-state index is -0.358. The maximum Gasteiger partial charge on any atom is 0.340 e. The first-order valence-electron chi connectivity index (χ1n) is 10.5. The maximum absolute atomic E-state index is 12.5. The molecule has 2 rings (SSSR count). The van der Waals surface area contributed by atoms with Crippen molar-refractivity contribution in [1.82, 2.24) is 19.7 Å². The Bertz CT molecular complexity index is 937. The Kier molecular flexibility index (Phi) is 8.03. The fourth-order valence-electron chi connectivity index (χ4n) is 3.76. The van der Waals surface area contributed by atoms with Gasteiger partial charge in [0.25, 0.3) is 0 Å². The minimum Gasteiger partial charge on any atom is -0.462 e. The predicted octanol–water partition coefficient (Wildman–Crippen LogP) is 3.58. The van der Waals surface area contributed by atoms with Crippen molar-refractivity contribution in [2.24, 2.45) is 5.92 Å². The number of carbonyl (C=O) groups is 2. The van der Waals surface area contributed by atoms with Crippen LogP contribution in [0.15, 0.2) is 12.1 Å². The second-order valence-electron chi connectivity index (χ2n) is 7.72. The summed E-state index contributed by atoms with van der Waals surface area (Å²) in [5, 5.41) is 7.40. The molecule has 1 atom stereocenters. The summed E-state index contributed by atoms with van der Waals surface area (Å²) >= 11 is 0. The number of aryl methyl sites for hydroxylation is 2. The molecule has 0 bridgehead atoms. The molecule has 1 unspecified atom stereocenters. The number of hydrogen-bond donors (Lipinski definition) is 1. The van der Waals surface area contributed by atoms with Gasteiger partial charge in [-0.25, -0.2) is 4.79 Å². The summed E-state index contributed by atoms with van der Waals surface area (Å²) in [6.07, 6.45) is 3.20. The smallest absolute Gasteiger partial charge is 0.340 e. The maximum atomic E-state index is 12.5. The number of ether oxygens (including phenoxy) is 1. The molecule has 1 amide bonds. The summed E-state index contributed by atoms with van der Waals surface area (Å²) in [6.45, 7) is 16.1. The van der Waals surface area contributed by atoms with E-state index >= 15 is 0 Å². The third-order valence-corrected chi connectivity index (χ3v) is 5.24. The lowest BCUT2D eigenvalue weighted by molar-refractivity contribution is -0.116. The zero-order chi connectivity index (χ0) is 22.4. The Morgan fingerprint density at radius 2 is 1.90 bits per heavy atom. The molecule has 0 saturated heterocycles. The summed E-state index contributed by atoms with van der Waals surface area (Å²) in [5.74, 6) is -0.309. The van der Waals surface area contributed by atoms with Gasteiger partial charge in [-0.3, -0.25) is 9.48 Å². The van der Waals surface area contributed by atoms with Crippen LogP contribution in [-0.2, 0) is 22.6 Å². The number of carbonyl (C=O) groups excluding carboxylic acids is 2. The van der Waals surface area contributed by atoms with E-state index in [4.69, 9.17) is 4.74 Å². The SMILES string of the molecule is CCOC(=O)c1c(C=CC(=O)NCC(C)Cn2nc(C)cc2C)c(C)n(CC)c1C. The van der Waals surface area contributed by atoms with Crippen molar-refractivity contribution in [3.63, 3.8) is 0 Å². The first-order valence-corrected chi connectivity index (χ1v) is 10.5. The van der Waals surface area contributed by atoms with Crippen molar-refractivity contribution >= 4 is 18.0 Å². The van der Waals surface area contributed by atoms with E-state index in [-0.39, 0.29) is 17.8 Å². The highest BCUT2D eigenvalue weighted by Crippen LogP contribution is 2.25. The van der Waals surface area contributed by atoms with Crippen LogP contribution in [0.25, 0.3) is 6.08 Å². The lowest BCUT2D eigenvalue weighted by atomic mass is 10.1. The van der Waals surface area contributed by atoms with E-state index in [2.05, 4.69) is 21.9 Å². The van der Waals surface area contributed by atoms with Gasteiger partial charge in [-0.15, -0.1) is 0 Å². The minimum absolute atomic E-state index is 0.189. The molecule has 0 aromatic carbocycles. The van der Waals surface area contributed by atoms with Crippen LogP contribution in [0.1, 0.15) is 59.5 Å². The standard InChI is InChI=1S/C23H34N4O3/c1-8-26-18(6)20(22(19(26)7)23(29)30-9-2)10-11-21(28)24-13-15(3)14-27-17(5)12-16(4)25-27/h10-12,15H,8-9,13-14H2,1-7H3,(H,24,28). The molecule has 30 heavy (non-hydrogen) atoms. The van der Waals surface area contributed by atoms with E-state index in [0.717, 1.165) is 41.4 Å². The van der Waals surface area contributed by atoms with Gasteiger partial charge in [0.15, 0.2) is 0 Å². The lowest BCUT2D eigenvalue weighted by Gasteiger charge is -2.13. The highest BCUT2D eigenvalue weighted by Gasteiger charge is 2.22. The number of rotatable bonds is 9. The fraction of sp³-hybridized carbons (Fsp3) is 0.522. The van der Waals surface area contributed by atoms with Gasteiger partial charge in [-0.1, -0.05) is 6.92 Å². The van der Waals surface area contributed by atoms with Gasteiger partial charge in [0.2, 0.25) is 5.91 Å². The van der Waals surface area contributed by atoms with Gasteiger partial charge in [0, 0.05) is 48.4 Å². The predicted molar refractivity (Wildman–Crippen MR) is 118 cm³/mol. The first kappa shape index (κ1) is 23.4. The van der Waals surface area contributed by atoms with Crippen LogP contribution < -0.4 is 5.32 Å². The van der Waals surface area contributed by atoms with Crippen LogP contribution in [0.3, 0.4) is 0 Å². The average Bonchev–Trinajstić information content (AvgIpc) is 3.12. The molecule has 2 aromatic rings. The molecule has 0 saturated carbocycles. The van der Waals surface area contributed by atoms with Crippen molar-refractivity contribution in [2.75, 3.05) is 13.2 Å². The van der Waals surface area contributed by atoms with Crippen LogP contribution in [-0.4, -0.2) is 39.4 Å². The number of hydrogen-bond acceptors (Lipinski definition) is 4. The number of nitrogens with zero attached hydrogens (tertiary/aromatic N) is 3. The summed E-state index contributed by atoms with van der Waals surface area (Å²) in [4.78, 5) is 24.8. The lowest BCUT2D eigenvalue weighted by Crippen LogP contribution is -2.29. The largest absolute Gasteiger partial charge is 0.462 e. The molecule has 0 aliphatic heterocycles. The van der Waals surface area contributed by atoms with E-state index in [9.17, 15) is 9.59 Å². The normalized spacial score (nSPS) is 12.4.